The first-order valence-corrected chi connectivity index (χ1v) is 18.0. The molecule has 10 rings (SSSR count). The lowest BCUT2D eigenvalue weighted by molar-refractivity contribution is 0.669. The maximum atomic E-state index is 6.54. The van der Waals surface area contributed by atoms with Crippen LogP contribution >= 0.6 is 11.3 Å². The van der Waals surface area contributed by atoms with Crippen molar-refractivity contribution in [2.24, 2.45) is 0 Å². The van der Waals surface area contributed by atoms with Gasteiger partial charge in [0.05, 0.1) is 10.2 Å². The summed E-state index contributed by atoms with van der Waals surface area (Å²) in [6, 6.07) is 58.1. The zero-order valence-corrected chi connectivity index (χ0v) is 28.6. The summed E-state index contributed by atoms with van der Waals surface area (Å²) in [5.74, 6) is 1.80. The first-order valence-electron chi connectivity index (χ1n) is 17.1. The summed E-state index contributed by atoms with van der Waals surface area (Å²) < 4.78 is 7.72. The lowest BCUT2D eigenvalue weighted by atomic mass is 9.96. The van der Waals surface area contributed by atoms with Crippen LogP contribution in [0, 0.1) is 0 Å². The minimum absolute atomic E-state index is 0.584. The Labute approximate surface area is 303 Å². The van der Waals surface area contributed by atoms with Crippen molar-refractivity contribution in [2.45, 2.75) is 0 Å². The Hall–Kier alpha value is -6.76. The fraction of sp³-hybridized carbons (Fsp3) is 0. The molecule has 0 aliphatic heterocycles. The van der Waals surface area contributed by atoms with Gasteiger partial charge in [0.1, 0.15) is 16.2 Å². The molecule has 244 valence electrons. The van der Waals surface area contributed by atoms with Crippen LogP contribution < -0.4 is 0 Å². The van der Waals surface area contributed by atoms with E-state index < -0.39 is 0 Å². The van der Waals surface area contributed by atoms with Gasteiger partial charge in [-0.2, -0.15) is 0 Å². The molecule has 0 aliphatic carbocycles. The van der Waals surface area contributed by atoms with Crippen molar-refractivity contribution < 1.29 is 4.42 Å². The predicted octanol–water partition coefficient (Wildman–Crippen LogP) is 12.4. The van der Waals surface area contributed by atoms with Crippen LogP contribution in [-0.4, -0.2) is 19.9 Å². The van der Waals surface area contributed by atoms with E-state index in [1.54, 1.807) is 11.3 Å². The van der Waals surface area contributed by atoms with Gasteiger partial charge in [-0.25, -0.2) is 19.9 Å². The lowest BCUT2D eigenvalue weighted by Gasteiger charge is -2.11. The highest BCUT2D eigenvalue weighted by Gasteiger charge is 2.20. The van der Waals surface area contributed by atoms with E-state index in [0.29, 0.717) is 17.5 Å². The summed E-state index contributed by atoms with van der Waals surface area (Å²) in [6.45, 7) is 0. The Kier molecular flexibility index (Phi) is 7.25. The first kappa shape index (κ1) is 30.1. The summed E-state index contributed by atoms with van der Waals surface area (Å²) in [5, 5.41) is 2.98. The highest BCUT2D eigenvalue weighted by molar-refractivity contribution is 7.21. The van der Waals surface area contributed by atoms with Crippen molar-refractivity contribution >= 4 is 43.5 Å². The van der Waals surface area contributed by atoms with E-state index in [1.807, 2.05) is 60.7 Å². The Morgan fingerprint density at radius 2 is 0.904 bits per heavy atom. The maximum absolute atomic E-state index is 6.54. The third-order valence-electron chi connectivity index (χ3n) is 9.37. The van der Waals surface area contributed by atoms with E-state index in [9.17, 15) is 0 Å². The van der Waals surface area contributed by atoms with E-state index in [-0.39, 0.29) is 0 Å². The summed E-state index contributed by atoms with van der Waals surface area (Å²) in [5.41, 5.74) is 10.8. The van der Waals surface area contributed by atoms with E-state index >= 15 is 0 Å². The lowest BCUT2D eigenvalue weighted by Crippen LogP contribution is -2.00. The highest BCUT2D eigenvalue weighted by atomic mass is 32.1. The predicted molar refractivity (Wildman–Crippen MR) is 213 cm³/mol. The fourth-order valence-corrected chi connectivity index (χ4v) is 7.88. The van der Waals surface area contributed by atoms with Crippen LogP contribution in [-0.2, 0) is 0 Å². The van der Waals surface area contributed by atoms with Gasteiger partial charge in [-0.1, -0.05) is 133 Å². The van der Waals surface area contributed by atoms with E-state index in [1.165, 1.54) is 4.70 Å². The van der Waals surface area contributed by atoms with Gasteiger partial charge in [-0.15, -0.1) is 11.3 Å². The minimum Gasteiger partial charge on any atom is -0.456 e. The molecule has 0 aliphatic rings. The molecule has 0 fully saturated rings. The first-order chi connectivity index (χ1) is 25.7. The van der Waals surface area contributed by atoms with Gasteiger partial charge in [-0.05, 0) is 58.7 Å². The molecule has 0 saturated carbocycles. The van der Waals surface area contributed by atoms with Crippen LogP contribution in [0.1, 0.15) is 0 Å². The van der Waals surface area contributed by atoms with Crippen molar-refractivity contribution in [1.29, 1.82) is 0 Å². The number of fused-ring (bicyclic) bond motifs is 4. The van der Waals surface area contributed by atoms with Gasteiger partial charge >= 0.3 is 0 Å². The van der Waals surface area contributed by atoms with E-state index in [0.717, 1.165) is 77.0 Å². The van der Waals surface area contributed by atoms with Crippen molar-refractivity contribution in [3.8, 4) is 67.0 Å². The van der Waals surface area contributed by atoms with Crippen LogP contribution in [0.5, 0.6) is 0 Å². The second kappa shape index (κ2) is 12.5. The van der Waals surface area contributed by atoms with Crippen LogP contribution in [0.4, 0.5) is 0 Å². The second-order valence-corrected chi connectivity index (χ2v) is 13.7. The molecule has 0 spiro atoms. The largest absolute Gasteiger partial charge is 0.456 e. The second-order valence-electron chi connectivity index (χ2n) is 12.6. The fourth-order valence-electron chi connectivity index (χ4n) is 6.92. The summed E-state index contributed by atoms with van der Waals surface area (Å²) >= 11 is 1.71. The zero-order valence-electron chi connectivity index (χ0n) is 27.8. The smallest absolute Gasteiger partial charge is 0.164 e. The SMILES string of the molecule is c1ccc(-c2cccc(-c3nc(-c4ccccc4)nc(-c4cccc5oc6cccc(-c7cccc(-c8nc9ccccc9s8)c7)c6c45)n3)c2)cc1. The Bertz CT molecular complexity index is 2880. The standard InChI is InChI=1S/C46H28N4OS/c1-3-13-29(14-4-1)31-17-9-19-33(27-31)44-48-43(30-15-5-2-6-16-30)49-45(50-44)36-22-12-25-39-42(36)41-35(21-11-24-38(41)51-39)32-18-10-20-34(28-32)46-47-37-23-7-8-26-40(37)52-46/h1-28H. The molecule has 0 atom stereocenters. The topological polar surface area (TPSA) is 64.7 Å². The number of hydrogen-bond donors (Lipinski definition) is 0. The Morgan fingerprint density at radius 1 is 0.365 bits per heavy atom. The van der Waals surface area contributed by atoms with Crippen molar-refractivity contribution in [1.82, 2.24) is 19.9 Å². The van der Waals surface area contributed by atoms with Gasteiger partial charge in [0, 0.05) is 33.0 Å². The van der Waals surface area contributed by atoms with E-state index in [2.05, 4.69) is 109 Å². The monoisotopic (exact) mass is 684 g/mol. The van der Waals surface area contributed by atoms with Crippen LogP contribution in [0.3, 0.4) is 0 Å². The minimum atomic E-state index is 0.584. The molecule has 6 heteroatoms. The van der Waals surface area contributed by atoms with Gasteiger partial charge in [-0.3, -0.25) is 0 Å². The molecular weight excluding hydrogens is 657 g/mol. The number of hydrogen-bond acceptors (Lipinski definition) is 6. The normalized spacial score (nSPS) is 11.5. The van der Waals surface area contributed by atoms with Gasteiger partial charge in [0.2, 0.25) is 0 Å². The number of para-hydroxylation sites is 1. The van der Waals surface area contributed by atoms with Crippen molar-refractivity contribution in [3.05, 3.63) is 170 Å². The molecular formula is C46H28N4OS. The molecule has 0 saturated heterocycles. The Morgan fingerprint density at radius 3 is 1.67 bits per heavy atom. The van der Waals surface area contributed by atoms with Gasteiger partial charge in [0.25, 0.3) is 0 Å². The summed E-state index contributed by atoms with van der Waals surface area (Å²) in [6.07, 6.45) is 0. The molecule has 0 N–H and O–H groups in total. The number of thiazole rings is 1. The van der Waals surface area contributed by atoms with E-state index in [4.69, 9.17) is 24.4 Å². The van der Waals surface area contributed by atoms with Crippen molar-refractivity contribution in [3.63, 3.8) is 0 Å². The molecule has 10 aromatic rings. The van der Waals surface area contributed by atoms with Crippen molar-refractivity contribution in [2.75, 3.05) is 0 Å². The molecule has 7 aromatic carbocycles. The quantitative estimate of drug-likeness (QED) is 0.174. The molecule has 0 unspecified atom stereocenters. The summed E-state index contributed by atoms with van der Waals surface area (Å²) in [7, 11) is 0. The number of furan rings is 1. The molecule has 5 nitrogen and oxygen atoms in total. The maximum Gasteiger partial charge on any atom is 0.164 e. The average molecular weight is 685 g/mol. The number of nitrogens with zero attached hydrogens (tertiary/aromatic N) is 4. The number of aromatic nitrogens is 4. The van der Waals surface area contributed by atoms with Crippen LogP contribution in [0.25, 0.3) is 99.1 Å². The third kappa shape index (κ3) is 5.34. The number of rotatable bonds is 6. The zero-order chi connectivity index (χ0) is 34.4. The molecule has 3 aromatic heterocycles. The highest BCUT2D eigenvalue weighted by Crippen LogP contribution is 2.42. The number of benzene rings is 7. The molecule has 0 bridgehead atoms. The Balaban J connectivity index is 1.17. The summed E-state index contributed by atoms with van der Waals surface area (Å²) in [4.78, 5) is 20.3. The van der Waals surface area contributed by atoms with Crippen LogP contribution in [0.15, 0.2) is 174 Å². The molecule has 0 amide bonds. The molecule has 0 radical (unpaired) electrons. The van der Waals surface area contributed by atoms with Gasteiger partial charge < -0.3 is 4.42 Å². The van der Waals surface area contributed by atoms with Crippen LogP contribution in [0.2, 0.25) is 0 Å². The van der Waals surface area contributed by atoms with Gasteiger partial charge in [0.15, 0.2) is 17.5 Å². The molecule has 52 heavy (non-hydrogen) atoms. The molecule has 3 heterocycles. The third-order valence-corrected chi connectivity index (χ3v) is 10.5. The average Bonchev–Trinajstić information content (AvgIpc) is 3.84.